The molecule has 1 rings (SSSR count). The molecule has 20 heavy (non-hydrogen) atoms. The van der Waals surface area contributed by atoms with Crippen LogP contribution < -0.4 is 0 Å². The van der Waals surface area contributed by atoms with E-state index in [1.165, 1.54) is 4.57 Å². The fraction of sp³-hybridized carbons (Fsp3) is 0.625. The van der Waals surface area contributed by atoms with Crippen LogP contribution in [0.1, 0.15) is 5.82 Å². The molecule has 0 aromatic carbocycles. The van der Waals surface area contributed by atoms with Crippen LogP contribution in [0.2, 0.25) is 0 Å². The maximum Gasteiger partial charge on any atom is 0.471 e. The van der Waals surface area contributed by atoms with Gasteiger partial charge < -0.3 is 24.6 Å². The molecular weight excluding hydrogens is 317 g/mol. The molecule has 0 aliphatic rings. The molecule has 0 aliphatic carbocycles. The summed E-state index contributed by atoms with van der Waals surface area (Å²) in [7, 11) is -4.63. The van der Waals surface area contributed by atoms with Gasteiger partial charge in [-0.2, -0.15) is 0 Å². The van der Waals surface area contributed by atoms with Gasteiger partial charge in [0, 0.05) is 6.92 Å². The van der Waals surface area contributed by atoms with Gasteiger partial charge in [-0.3, -0.25) is 4.52 Å². The lowest BCUT2D eigenvalue weighted by Gasteiger charge is -2.14. The number of ether oxygens (including phenoxy) is 1. The Hall–Kier alpha value is -1.03. The summed E-state index contributed by atoms with van der Waals surface area (Å²) in [5.74, 6) is 0.127. The van der Waals surface area contributed by atoms with Gasteiger partial charge in [0.05, 0.1) is 5.88 Å². The van der Waals surface area contributed by atoms with Crippen molar-refractivity contribution in [1.29, 1.82) is 0 Å². The normalized spacial score (nSPS) is 13.4. The first-order chi connectivity index (χ1) is 9.24. The fourth-order valence-electron chi connectivity index (χ4n) is 1.37. The largest absolute Gasteiger partial charge is 0.471 e. The standard InChI is InChI=1S/C8H13ClN3O7P/c1-6-10-3-8(12(13)14)11(6)4-7(2-9)18-5-19-20(15,16)17/h3,7H,2,4-5H2,1H3,(H2,15,16,17). The molecule has 10 nitrogen and oxygen atoms in total. The minimum atomic E-state index is -4.63. The van der Waals surface area contributed by atoms with Crippen molar-refractivity contribution in [3.05, 3.63) is 22.1 Å². The third-order valence-corrected chi connectivity index (χ3v) is 3.09. The molecule has 114 valence electrons. The van der Waals surface area contributed by atoms with Crippen molar-refractivity contribution in [2.45, 2.75) is 19.6 Å². The number of halogens is 1. The number of aromatic nitrogens is 2. The van der Waals surface area contributed by atoms with Gasteiger partial charge in [-0.25, -0.2) is 14.1 Å². The first kappa shape index (κ1) is 17.0. The molecule has 0 fully saturated rings. The van der Waals surface area contributed by atoms with Crippen LogP contribution in [0.4, 0.5) is 5.82 Å². The number of imidazole rings is 1. The van der Waals surface area contributed by atoms with Gasteiger partial charge in [0.2, 0.25) is 0 Å². The van der Waals surface area contributed by atoms with E-state index in [1.54, 1.807) is 6.92 Å². The Kier molecular flexibility index (Phi) is 6.06. The summed E-state index contributed by atoms with van der Waals surface area (Å²) in [6.07, 6.45) is 0.377. The van der Waals surface area contributed by atoms with Crippen molar-refractivity contribution in [3.8, 4) is 0 Å². The maximum absolute atomic E-state index is 10.8. The van der Waals surface area contributed by atoms with Crippen LogP contribution in [0.3, 0.4) is 0 Å². The van der Waals surface area contributed by atoms with Gasteiger partial charge in [0.15, 0.2) is 12.6 Å². The molecule has 1 unspecified atom stereocenters. The van der Waals surface area contributed by atoms with Crippen molar-refractivity contribution < 1.29 is 28.5 Å². The van der Waals surface area contributed by atoms with Gasteiger partial charge in [-0.1, -0.05) is 0 Å². The Balaban J connectivity index is 2.67. The average molecular weight is 330 g/mol. The van der Waals surface area contributed by atoms with Crippen LogP contribution in [0.15, 0.2) is 6.20 Å². The van der Waals surface area contributed by atoms with Crippen LogP contribution in [-0.4, -0.2) is 43.0 Å². The van der Waals surface area contributed by atoms with E-state index in [2.05, 4.69) is 9.51 Å². The molecule has 1 aromatic heterocycles. The number of hydrogen-bond acceptors (Lipinski definition) is 6. The number of aryl methyl sites for hydroxylation is 1. The zero-order valence-electron chi connectivity index (χ0n) is 10.4. The zero-order valence-corrected chi connectivity index (χ0v) is 12.0. The third kappa shape index (κ3) is 5.16. The number of phosphoric acid groups is 1. The quantitative estimate of drug-likeness (QED) is 0.235. The highest BCUT2D eigenvalue weighted by atomic mass is 35.5. The summed E-state index contributed by atoms with van der Waals surface area (Å²) < 4.78 is 20.9. The molecule has 0 spiro atoms. The van der Waals surface area contributed by atoms with Gasteiger partial charge in [0.25, 0.3) is 0 Å². The van der Waals surface area contributed by atoms with Gasteiger partial charge in [-0.05, 0) is 4.92 Å². The van der Waals surface area contributed by atoms with E-state index in [0.717, 1.165) is 6.20 Å². The molecule has 0 radical (unpaired) electrons. The van der Waals surface area contributed by atoms with Crippen LogP contribution >= 0.6 is 19.4 Å². The van der Waals surface area contributed by atoms with Crippen LogP contribution in [0, 0.1) is 17.0 Å². The Morgan fingerprint density at radius 2 is 2.30 bits per heavy atom. The molecule has 0 aliphatic heterocycles. The molecule has 12 heteroatoms. The number of alkyl halides is 1. The SMILES string of the molecule is Cc1ncc([N+](=O)[O-])n1CC(CCl)OCOP(=O)(O)O. The lowest BCUT2D eigenvalue weighted by atomic mass is 10.4. The first-order valence-electron chi connectivity index (χ1n) is 5.28. The Morgan fingerprint density at radius 1 is 1.65 bits per heavy atom. The van der Waals surface area contributed by atoms with E-state index in [1.807, 2.05) is 0 Å². The summed E-state index contributed by atoms with van der Waals surface area (Å²) in [5, 5.41) is 10.8. The van der Waals surface area contributed by atoms with E-state index < -0.39 is 25.6 Å². The van der Waals surface area contributed by atoms with E-state index >= 15 is 0 Å². The maximum atomic E-state index is 10.8. The second-order valence-electron chi connectivity index (χ2n) is 3.71. The molecule has 1 aromatic rings. The Morgan fingerprint density at radius 3 is 2.80 bits per heavy atom. The molecule has 1 heterocycles. The number of nitro groups is 1. The molecule has 0 saturated carbocycles. The number of rotatable bonds is 8. The molecule has 1 atom stereocenters. The molecule has 0 amide bonds. The zero-order chi connectivity index (χ0) is 15.3. The summed E-state index contributed by atoms with van der Waals surface area (Å²) >= 11 is 5.64. The van der Waals surface area contributed by atoms with E-state index in [4.69, 9.17) is 26.1 Å². The highest BCUT2D eigenvalue weighted by Gasteiger charge is 2.23. The monoisotopic (exact) mass is 329 g/mol. The second kappa shape index (κ2) is 7.11. The summed E-state index contributed by atoms with van der Waals surface area (Å²) in [4.78, 5) is 31.0. The smallest absolute Gasteiger partial charge is 0.358 e. The first-order valence-corrected chi connectivity index (χ1v) is 7.35. The lowest BCUT2D eigenvalue weighted by molar-refractivity contribution is -0.392. The van der Waals surface area contributed by atoms with Gasteiger partial charge in [0.1, 0.15) is 18.8 Å². The summed E-state index contributed by atoms with van der Waals surface area (Å²) in [6, 6.07) is 0. The molecule has 2 N–H and O–H groups in total. The minimum Gasteiger partial charge on any atom is -0.358 e. The van der Waals surface area contributed by atoms with E-state index in [0.29, 0.717) is 5.82 Å². The number of nitrogens with zero attached hydrogens (tertiary/aromatic N) is 3. The predicted octanol–water partition coefficient (Wildman–Crippen LogP) is 0.791. The molecule has 0 saturated heterocycles. The summed E-state index contributed by atoms with van der Waals surface area (Å²) in [5.41, 5.74) is 0. The van der Waals surface area contributed by atoms with Crippen molar-refractivity contribution in [2.75, 3.05) is 12.7 Å². The second-order valence-corrected chi connectivity index (χ2v) is 5.26. The predicted molar refractivity (Wildman–Crippen MR) is 67.2 cm³/mol. The van der Waals surface area contributed by atoms with Gasteiger partial charge in [-0.15, -0.1) is 11.6 Å². The van der Waals surface area contributed by atoms with Gasteiger partial charge >= 0.3 is 13.6 Å². The lowest BCUT2D eigenvalue weighted by Crippen LogP contribution is -2.24. The van der Waals surface area contributed by atoms with Crippen molar-refractivity contribution in [2.24, 2.45) is 0 Å². The van der Waals surface area contributed by atoms with Crippen LogP contribution in [0.5, 0.6) is 0 Å². The van der Waals surface area contributed by atoms with E-state index in [-0.39, 0.29) is 18.2 Å². The van der Waals surface area contributed by atoms with Crippen molar-refractivity contribution in [3.63, 3.8) is 0 Å². The highest BCUT2D eigenvalue weighted by molar-refractivity contribution is 7.46. The average Bonchev–Trinajstić information content (AvgIpc) is 2.68. The van der Waals surface area contributed by atoms with Crippen molar-refractivity contribution in [1.82, 2.24) is 9.55 Å². The fourth-order valence-corrected chi connectivity index (χ4v) is 1.76. The van der Waals surface area contributed by atoms with Crippen LogP contribution in [0.25, 0.3) is 0 Å². The Bertz CT molecular complexity index is 516. The minimum absolute atomic E-state index is 0.0101. The topological polar surface area (TPSA) is 137 Å². The van der Waals surface area contributed by atoms with Crippen molar-refractivity contribution >= 4 is 25.2 Å². The third-order valence-electron chi connectivity index (χ3n) is 2.30. The molecular formula is C8H13ClN3O7P. The Labute approximate surface area is 118 Å². The highest BCUT2D eigenvalue weighted by Crippen LogP contribution is 2.35. The van der Waals surface area contributed by atoms with E-state index in [9.17, 15) is 14.7 Å². The molecule has 0 bridgehead atoms. The number of hydrogen-bond donors (Lipinski definition) is 2. The van der Waals surface area contributed by atoms with Crippen LogP contribution in [-0.2, 0) is 20.4 Å². The summed E-state index contributed by atoms with van der Waals surface area (Å²) in [6.45, 7) is 0.907. The number of phosphoric ester groups is 1.